The molecule has 1 saturated carbocycles. The van der Waals surface area contributed by atoms with E-state index in [0.717, 1.165) is 43.1 Å². The Balaban J connectivity index is 2.05. The largest absolute Gasteiger partial charge is 0.458 e. The standard InChI is InChI=1S/C18H20F4/c1-2-3-13-4-6-14(7-5-13)16-9-8-15(17(19)12-16)10-11-18(20,21)22/h8-9,12-14H,2-7H2,1H3. The van der Waals surface area contributed by atoms with Gasteiger partial charge in [0.05, 0.1) is 5.56 Å². The molecule has 0 bridgehead atoms. The van der Waals surface area contributed by atoms with Crippen molar-refractivity contribution in [2.24, 2.45) is 5.92 Å². The SMILES string of the molecule is CCCC1CCC(c2ccc(C#CC(F)(F)F)c(F)c2)CC1. The number of halogens is 4. The molecule has 0 amide bonds. The van der Waals surface area contributed by atoms with Crippen LogP contribution in [0, 0.1) is 23.6 Å². The first-order valence-corrected chi connectivity index (χ1v) is 7.78. The van der Waals surface area contributed by atoms with Gasteiger partial charge in [-0.05, 0) is 55.2 Å². The van der Waals surface area contributed by atoms with Gasteiger partial charge in [-0.25, -0.2) is 4.39 Å². The van der Waals surface area contributed by atoms with Crippen LogP contribution in [0.1, 0.15) is 62.5 Å². The van der Waals surface area contributed by atoms with Crippen molar-refractivity contribution in [1.82, 2.24) is 0 Å². The van der Waals surface area contributed by atoms with Gasteiger partial charge in [-0.15, -0.1) is 0 Å². The zero-order chi connectivity index (χ0) is 16.2. The Kier molecular flexibility index (Phi) is 5.50. The van der Waals surface area contributed by atoms with E-state index in [2.05, 4.69) is 6.92 Å². The molecular weight excluding hydrogens is 292 g/mol. The first kappa shape index (κ1) is 16.9. The fraction of sp³-hybridized carbons (Fsp3) is 0.556. The Bertz CT molecular complexity index is 555. The molecule has 0 unspecified atom stereocenters. The zero-order valence-corrected chi connectivity index (χ0v) is 12.6. The molecular formula is C18H20F4. The first-order chi connectivity index (χ1) is 10.4. The van der Waals surface area contributed by atoms with Crippen LogP contribution in [0.5, 0.6) is 0 Å². The molecule has 0 aliphatic heterocycles. The van der Waals surface area contributed by atoms with E-state index in [1.807, 2.05) is 5.92 Å². The van der Waals surface area contributed by atoms with Crippen LogP contribution >= 0.6 is 0 Å². The molecule has 1 fully saturated rings. The van der Waals surface area contributed by atoms with Crippen LogP contribution in [0.25, 0.3) is 0 Å². The molecule has 1 aliphatic rings. The van der Waals surface area contributed by atoms with Gasteiger partial charge in [-0.3, -0.25) is 0 Å². The van der Waals surface area contributed by atoms with Crippen LogP contribution < -0.4 is 0 Å². The molecule has 1 aliphatic carbocycles. The maximum Gasteiger partial charge on any atom is 0.458 e. The Morgan fingerprint density at radius 2 is 1.82 bits per heavy atom. The summed E-state index contributed by atoms with van der Waals surface area (Å²) in [6, 6.07) is 4.43. The summed E-state index contributed by atoms with van der Waals surface area (Å²) >= 11 is 0. The fourth-order valence-electron chi connectivity index (χ4n) is 3.22. The molecule has 0 nitrogen and oxygen atoms in total. The second-order valence-corrected chi connectivity index (χ2v) is 5.99. The van der Waals surface area contributed by atoms with Crippen molar-refractivity contribution in [1.29, 1.82) is 0 Å². The smallest absolute Gasteiger partial charge is 0.206 e. The summed E-state index contributed by atoms with van der Waals surface area (Å²) in [5, 5.41) is 0. The van der Waals surface area contributed by atoms with Gasteiger partial charge in [-0.2, -0.15) is 13.2 Å². The van der Waals surface area contributed by atoms with Gasteiger partial charge in [0.25, 0.3) is 0 Å². The second kappa shape index (κ2) is 7.17. The molecule has 0 N–H and O–H groups in total. The highest BCUT2D eigenvalue weighted by Crippen LogP contribution is 2.37. The molecule has 0 heterocycles. The van der Waals surface area contributed by atoms with Crippen molar-refractivity contribution >= 4 is 0 Å². The van der Waals surface area contributed by atoms with Crippen molar-refractivity contribution in [3.8, 4) is 11.8 Å². The second-order valence-electron chi connectivity index (χ2n) is 5.99. The Labute approximate surface area is 128 Å². The Morgan fingerprint density at radius 1 is 1.14 bits per heavy atom. The normalized spacial score (nSPS) is 22.0. The monoisotopic (exact) mass is 312 g/mol. The van der Waals surface area contributed by atoms with Gasteiger partial charge in [0.1, 0.15) is 5.82 Å². The number of rotatable bonds is 3. The third-order valence-electron chi connectivity index (χ3n) is 4.35. The number of hydrogen-bond acceptors (Lipinski definition) is 0. The van der Waals surface area contributed by atoms with Crippen LogP contribution in [0.15, 0.2) is 18.2 Å². The quantitative estimate of drug-likeness (QED) is 0.488. The van der Waals surface area contributed by atoms with E-state index in [9.17, 15) is 17.6 Å². The van der Waals surface area contributed by atoms with E-state index in [0.29, 0.717) is 5.92 Å². The topological polar surface area (TPSA) is 0 Å². The molecule has 1 aromatic carbocycles. The van der Waals surface area contributed by atoms with Crippen LogP contribution in [-0.2, 0) is 0 Å². The van der Waals surface area contributed by atoms with E-state index in [1.54, 1.807) is 6.07 Å². The lowest BCUT2D eigenvalue weighted by Crippen LogP contribution is -2.13. The third-order valence-corrected chi connectivity index (χ3v) is 4.35. The molecule has 0 saturated heterocycles. The van der Waals surface area contributed by atoms with Gasteiger partial charge < -0.3 is 0 Å². The molecule has 1 aromatic rings. The number of hydrogen-bond donors (Lipinski definition) is 0. The van der Waals surface area contributed by atoms with Crippen LogP contribution in [0.3, 0.4) is 0 Å². The maximum absolute atomic E-state index is 13.9. The number of benzene rings is 1. The predicted molar refractivity (Wildman–Crippen MR) is 78.9 cm³/mol. The molecule has 22 heavy (non-hydrogen) atoms. The third kappa shape index (κ3) is 4.76. The highest BCUT2D eigenvalue weighted by molar-refractivity contribution is 5.39. The van der Waals surface area contributed by atoms with Crippen molar-refractivity contribution in [2.45, 2.75) is 57.5 Å². The van der Waals surface area contributed by atoms with Crippen molar-refractivity contribution in [3.63, 3.8) is 0 Å². The van der Waals surface area contributed by atoms with Crippen LogP contribution in [0.4, 0.5) is 17.6 Å². The van der Waals surface area contributed by atoms with Gasteiger partial charge in [0.2, 0.25) is 0 Å². The van der Waals surface area contributed by atoms with Gasteiger partial charge >= 0.3 is 6.18 Å². The van der Waals surface area contributed by atoms with Gasteiger partial charge in [-0.1, -0.05) is 31.8 Å². The lowest BCUT2D eigenvalue weighted by molar-refractivity contribution is -0.0696. The summed E-state index contributed by atoms with van der Waals surface area (Å²) in [5.41, 5.74) is 0.686. The van der Waals surface area contributed by atoms with Gasteiger partial charge in [0.15, 0.2) is 0 Å². The highest BCUT2D eigenvalue weighted by atomic mass is 19.4. The van der Waals surface area contributed by atoms with E-state index < -0.39 is 12.0 Å². The van der Waals surface area contributed by atoms with E-state index >= 15 is 0 Å². The summed E-state index contributed by atoms with van der Waals surface area (Å²) in [7, 11) is 0. The van der Waals surface area contributed by atoms with Gasteiger partial charge in [0, 0.05) is 5.92 Å². The number of alkyl halides is 3. The minimum Gasteiger partial charge on any atom is -0.206 e. The average Bonchev–Trinajstić information content (AvgIpc) is 2.46. The zero-order valence-electron chi connectivity index (χ0n) is 12.6. The lowest BCUT2D eigenvalue weighted by atomic mass is 9.77. The molecule has 0 atom stereocenters. The summed E-state index contributed by atoms with van der Waals surface area (Å²) in [6.07, 6.45) is 2.19. The Morgan fingerprint density at radius 3 is 2.36 bits per heavy atom. The minimum absolute atomic E-state index is 0.194. The minimum atomic E-state index is -4.59. The molecule has 120 valence electrons. The van der Waals surface area contributed by atoms with Crippen LogP contribution in [0.2, 0.25) is 0 Å². The highest BCUT2D eigenvalue weighted by Gasteiger charge is 2.24. The maximum atomic E-state index is 13.9. The summed E-state index contributed by atoms with van der Waals surface area (Å²) in [6.45, 7) is 2.18. The van der Waals surface area contributed by atoms with Crippen molar-refractivity contribution in [2.75, 3.05) is 0 Å². The average molecular weight is 312 g/mol. The van der Waals surface area contributed by atoms with E-state index in [4.69, 9.17) is 0 Å². The summed E-state index contributed by atoms with van der Waals surface area (Å²) in [4.78, 5) is 0. The molecule has 0 spiro atoms. The first-order valence-electron chi connectivity index (χ1n) is 7.78. The summed E-state index contributed by atoms with van der Waals surface area (Å²) in [5.74, 6) is 3.38. The molecule has 4 heteroatoms. The lowest BCUT2D eigenvalue weighted by Gasteiger charge is -2.28. The van der Waals surface area contributed by atoms with Crippen LogP contribution in [-0.4, -0.2) is 6.18 Å². The fourth-order valence-corrected chi connectivity index (χ4v) is 3.22. The molecule has 2 rings (SSSR count). The Hall–Kier alpha value is -1.50. The van der Waals surface area contributed by atoms with E-state index in [1.165, 1.54) is 25.0 Å². The molecule has 0 aromatic heterocycles. The van der Waals surface area contributed by atoms with Crippen molar-refractivity contribution in [3.05, 3.63) is 35.1 Å². The molecule has 0 radical (unpaired) electrons. The van der Waals surface area contributed by atoms with E-state index in [-0.39, 0.29) is 5.56 Å². The van der Waals surface area contributed by atoms with Crippen molar-refractivity contribution < 1.29 is 17.6 Å². The predicted octanol–water partition coefficient (Wildman–Crippen LogP) is 5.81. The summed E-state index contributed by atoms with van der Waals surface area (Å²) < 4.78 is 50.0.